The lowest BCUT2D eigenvalue weighted by Gasteiger charge is -2.20. The van der Waals surface area contributed by atoms with Gasteiger partial charge in [-0.3, -0.25) is 0 Å². The van der Waals surface area contributed by atoms with Gasteiger partial charge in [0.1, 0.15) is 5.82 Å². The average Bonchev–Trinajstić information content (AvgIpc) is 3.04. The van der Waals surface area contributed by atoms with Gasteiger partial charge in [0.2, 0.25) is 0 Å². The zero-order chi connectivity index (χ0) is 19.2. The zero-order valence-electron chi connectivity index (χ0n) is 16.0. The van der Waals surface area contributed by atoms with Crippen LogP contribution in [0.1, 0.15) is 16.8 Å². The Morgan fingerprint density at radius 1 is 1.14 bits per heavy atom. The topological polar surface area (TPSA) is 75.0 Å². The molecule has 0 bridgehead atoms. The minimum absolute atomic E-state index is 0. The lowest BCUT2D eigenvalue weighted by molar-refractivity contribution is 0.419. The second-order valence-electron chi connectivity index (χ2n) is 7.17. The van der Waals surface area contributed by atoms with Crippen molar-refractivity contribution in [3.63, 3.8) is 0 Å². The molecule has 0 unspecified atom stereocenters. The summed E-state index contributed by atoms with van der Waals surface area (Å²) in [5.74, 6) is 1.13. The molecule has 2 heterocycles. The van der Waals surface area contributed by atoms with E-state index in [9.17, 15) is 0 Å². The highest BCUT2D eigenvalue weighted by Gasteiger charge is 2.27. The van der Waals surface area contributed by atoms with E-state index in [1.807, 2.05) is 24.3 Å². The third-order valence-electron chi connectivity index (χ3n) is 4.88. The fourth-order valence-corrected chi connectivity index (χ4v) is 3.88. The molecule has 5 N–H and O–H groups in total. The molecule has 0 aliphatic carbocycles. The second-order valence-corrected chi connectivity index (χ2v) is 7.98. The molecule has 1 aliphatic rings. The number of nitrogens with two attached hydrogens (primary N) is 1. The van der Waals surface area contributed by atoms with Gasteiger partial charge < -0.3 is 21.7 Å². The Hall–Kier alpha value is -1.08. The van der Waals surface area contributed by atoms with Crippen LogP contribution in [0.25, 0.3) is 0 Å². The van der Waals surface area contributed by atoms with Crippen LogP contribution >= 0.6 is 35.6 Å². The summed E-state index contributed by atoms with van der Waals surface area (Å²) in [4.78, 5) is 4.48. The molecular weight excluding hydrogens is 417 g/mol. The van der Waals surface area contributed by atoms with Crippen molar-refractivity contribution < 1.29 is 0 Å². The van der Waals surface area contributed by atoms with Gasteiger partial charge in [0.25, 0.3) is 0 Å². The minimum Gasteiger partial charge on any atom is -0.384 e. The Morgan fingerprint density at radius 2 is 1.96 bits per heavy atom. The van der Waals surface area contributed by atoms with E-state index >= 15 is 0 Å². The molecule has 0 saturated carbocycles. The SMILES string of the molecule is Cc1cc(N)nc(C[C@H]2CNC[C@H]2NCCNCc2ccc(Cl)c(Cl)c2)c1.Cl. The van der Waals surface area contributed by atoms with Crippen molar-refractivity contribution in [3.8, 4) is 0 Å². The Kier molecular flexibility index (Phi) is 9.28. The van der Waals surface area contributed by atoms with E-state index in [1.165, 1.54) is 5.56 Å². The summed E-state index contributed by atoms with van der Waals surface area (Å²) in [7, 11) is 0. The first-order valence-corrected chi connectivity index (χ1v) is 10.1. The number of hydrogen-bond acceptors (Lipinski definition) is 5. The first kappa shape index (κ1) is 23.2. The van der Waals surface area contributed by atoms with Crippen molar-refractivity contribution in [1.29, 1.82) is 0 Å². The van der Waals surface area contributed by atoms with Crippen molar-refractivity contribution in [2.24, 2.45) is 5.92 Å². The number of halogens is 3. The molecule has 1 saturated heterocycles. The molecule has 8 heteroatoms. The smallest absolute Gasteiger partial charge is 0.123 e. The van der Waals surface area contributed by atoms with Gasteiger partial charge in [0.05, 0.1) is 10.0 Å². The van der Waals surface area contributed by atoms with Crippen LogP contribution in [0.3, 0.4) is 0 Å². The Morgan fingerprint density at radius 3 is 2.71 bits per heavy atom. The number of nitrogen functional groups attached to an aromatic ring is 1. The van der Waals surface area contributed by atoms with Gasteiger partial charge in [0.15, 0.2) is 0 Å². The quantitative estimate of drug-likeness (QED) is 0.470. The fraction of sp³-hybridized carbons (Fsp3) is 0.450. The molecule has 1 aromatic heterocycles. The van der Waals surface area contributed by atoms with Crippen molar-refractivity contribution in [1.82, 2.24) is 20.9 Å². The summed E-state index contributed by atoms with van der Waals surface area (Å²) in [5, 5.41) is 11.8. The predicted molar refractivity (Wildman–Crippen MR) is 121 cm³/mol. The maximum Gasteiger partial charge on any atom is 0.123 e. The number of pyridine rings is 1. The molecule has 1 fully saturated rings. The Bertz CT molecular complexity index is 751. The molecular formula is C20H28Cl3N5. The number of nitrogens with zero attached hydrogens (tertiary/aromatic N) is 1. The van der Waals surface area contributed by atoms with E-state index in [4.69, 9.17) is 28.9 Å². The van der Waals surface area contributed by atoms with Crippen molar-refractivity contribution in [2.75, 3.05) is 31.9 Å². The lowest BCUT2D eigenvalue weighted by Crippen LogP contribution is -2.40. The largest absolute Gasteiger partial charge is 0.384 e. The van der Waals surface area contributed by atoms with Crippen molar-refractivity contribution >= 4 is 41.4 Å². The normalized spacial score (nSPS) is 18.8. The molecule has 0 radical (unpaired) electrons. The summed E-state index contributed by atoms with van der Waals surface area (Å²) in [6.07, 6.45) is 0.938. The van der Waals surface area contributed by atoms with Gasteiger partial charge in [-0.05, 0) is 61.2 Å². The number of nitrogens with one attached hydrogen (secondary N) is 3. The molecule has 2 atom stereocenters. The Balaban J connectivity index is 0.00000280. The third kappa shape index (κ3) is 6.76. The van der Waals surface area contributed by atoms with E-state index in [0.717, 1.165) is 50.4 Å². The van der Waals surface area contributed by atoms with Crippen LogP contribution in [0.2, 0.25) is 10.0 Å². The molecule has 28 heavy (non-hydrogen) atoms. The second kappa shape index (κ2) is 11.2. The zero-order valence-corrected chi connectivity index (χ0v) is 18.3. The third-order valence-corrected chi connectivity index (χ3v) is 5.61. The van der Waals surface area contributed by atoms with Gasteiger partial charge in [-0.2, -0.15) is 0 Å². The van der Waals surface area contributed by atoms with E-state index in [2.05, 4.69) is 33.9 Å². The van der Waals surface area contributed by atoms with Crippen LogP contribution < -0.4 is 21.7 Å². The molecule has 1 aromatic carbocycles. The van der Waals surface area contributed by atoms with Crippen LogP contribution in [0, 0.1) is 12.8 Å². The van der Waals surface area contributed by atoms with Crippen molar-refractivity contribution in [3.05, 3.63) is 57.2 Å². The van der Waals surface area contributed by atoms with E-state index in [-0.39, 0.29) is 12.4 Å². The average molecular weight is 445 g/mol. The lowest BCUT2D eigenvalue weighted by atomic mass is 9.97. The summed E-state index contributed by atoms with van der Waals surface area (Å²) >= 11 is 12.0. The van der Waals surface area contributed by atoms with E-state index in [1.54, 1.807) is 0 Å². The van der Waals surface area contributed by atoms with Gasteiger partial charge >= 0.3 is 0 Å². The monoisotopic (exact) mass is 443 g/mol. The summed E-state index contributed by atoms with van der Waals surface area (Å²) < 4.78 is 0. The summed E-state index contributed by atoms with van der Waals surface area (Å²) in [5.41, 5.74) is 9.25. The molecule has 1 aliphatic heterocycles. The molecule has 154 valence electrons. The minimum atomic E-state index is 0. The molecule has 0 spiro atoms. The predicted octanol–water partition coefficient (Wildman–Crippen LogP) is 3.21. The van der Waals surface area contributed by atoms with Crippen molar-refractivity contribution in [2.45, 2.75) is 25.9 Å². The number of benzene rings is 1. The molecule has 5 nitrogen and oxygen atoms in total. The molecule has 3 rings (SSSR count). The highest BCUT2D eigenvalue weighted by atomic mass is 35.5. The summed E-state index contributed by atoms with van der Waals surface area (Å²) in [6, 6.07) is 10.2. The van der Waals surface area contributed by atoms with Crippen LogP contribution in [-0.2, 0) is 13.0 Å². The van der Waals surface area contributed by atoms with E-state index in [0.29, 0.717) is 27.8 Å². The van der Waals surface area contributed by atoms with Crippen LogP contribution in [-0.4, -0.2) is 37.2 Å². The summed E-state index contributed by atoms with van der Waals surface area (Å²) in [6.45, 7) is 6.62. The number of anilines is 1. The van der Waals surface area contributed by atoms with Gasteiger partial charge in [-0.15, -0.1) is 12.4 Å². The fourth-order valence-electron chi connectivity index (χ4n) is 3.56. The number of hydrogen-bond donors (Lipinski definition) is 4. The Labute approximate surface area is 183 Å². The first-order chi connectivity index (χ1) is 13.0. The highest BCUT2D eigenvalue weighted by molar-refractivity contribution is 6.42. The maximum absolute atomic E-state index is 6.05. The van der Waals surface area contributed by atoms with Gasteiger partial charge in [0, 0.05) is 37.9 Å². The van der Waals surface area contributed by atoms with E-state index < -0.39 is 0 Å². The first-order valence-electron chi connectivity index (χ1n) is 9.33. The highest BCUT2D eigenvalue weighted by Crippen LogP contribution is 2.22. The number of aryl methyl sites for hydroxylation is 1. The number of aromatic nitrogens is 1. The van der Waals surface area contributed by atoms with Crippen LogP contribution in [0.15, 0.2) is 30.3 Å². The van der Waals surface area contributed by atoms with Crippen LogP contribution in [0.5, 0.6) is 0 Å². The maximum atomic E-state index is 6.05. The van der Waals surface area contributed by atoms with Gasteiger partial charge in [-0.1, -0.05) is 29.3 Å². The van der Waals surface area contributed by atoms with Gasteiger partial charge in [-0.25, -0.2) is 4.98 Å². The molecule has 2 aromatic rings. The number of rotatable bonds is 8. The molecule has 0 amide bonds. The standard InChI is InChI=1S/C20H27Cl2N5.ClH/c1-13-6-16(27-20(23)7-13)9-15-11-25-12-19(15)26-5-4-24-10-14-2-3-17(21)18(22)8-14;/h2-3,6-8,15,19,24-26H,4-5,9-12H2,1H3,(H2,23,27);1H/t15-,19+;/m0./s1. The van der Waals surface area contributed by atoms with Crippen LogP contribution in [0.4, 0.5) is 5.82 Å².